The van der Waals surface area contributed by atoms with E-state index in [9.17, 15) is 40.2 Å². The molecule has 3 aliphatic heterocycles. The number of pyridine rings is 1. The topological polar surface area (TPSA) is 175 Å². The number of rotatable bonds is 5. The molecule has 21 heteroatoms. The molecule has 1 aliphatic carbocycles. The molecule has 4 aromatic rings. The standard InChI is InChI=1S/C32H29F3N6O2.2C2HF3O2/c1-2-21-24(34)5-4-17-8-20(42)9-22(25(17)21)27-26(35)28-23(12-37-27)29(40-13-18-10-32(18,36)15-40)39-30(38-28)43-16-31-6-3-7-41(31)14-19(33)11-31;2*3-2(4,5)1(6)7/h1,4-5,8-9,12,18-19,42H,3,6-7,10-11,13-16,36H2;2*(H,6,7)/t18-,19-,31+,32-;;/m1../s1. The summed E-state index contributed by atoms with van der Waals surface area (Å²) in [5.41, 5.74) is 5.63. The van der Waals surface area contributed by atoms with Crippen LogP contribution in [0, 0.1) is 29.9 Å². The largest absolute Gasteiger partial charge is 0.508 e. The average Bonchev–Trinajstić information content (AvgIpc) is 3.35. The molecule has 4 aliphatic rings. The summed E-state index contributed by atoms with van der Waals surface area (Å²) >= 11 is 0. The van der Waals surface area contributed by atoms with E-state index in [1.165, 1.54) is 30.5 Å². The van der Waals surface area contributed by atoms with Crippen LogP contribution in [-0.2, 0) is 9.59 Å². The minimum atomic E-state index is -5.08. The lowest BCUT2D eigenvalue weighted by atomic mass is 9.95. The number of fused-ring (bicyclic) bond motifs is 4. The number of nitrogens with zero attached hydrogens (tertiary/aromatic N) is 5. The maximum atomic E-state index is 16.6. The van der Waals surface area contributed by atoms with Gasteiger partial charge in [0.15, 0.2) is 5.82 Å². The van der Waals surface area contributed by atoms with Crippen LogP contribution in [0.15, 0.2) is 30.5 Å². The Bertz CT molecular complexity index is 2280. The third-order valence-corrected chi connectivity index (χ3v) is 10.3. The molecule has 0 bridgehead atoms. The van der Waals surface area contributed by atoms with E-state index in [2.05, 4.69) is 20.8 Å². The number of phenolic OH excluding ortho intramolecular Hbond substituents is 1. The molecular weight excluding hydrogens is 783 g/mol. The monoisotopic (exact) mass is 814 g/mol. The minimum absolute atomic E-state index is 0.0233. The van der Waals surface area contributed by atoms with E-state index in [1.54, 1.807) is 0 Å². The highest BCUT2D eigenvalue weighted by Crippen LogP contribution is 2.49. The van der Waals surface area contributed by atoms with Crippen LogP contribution in [0.25, 0.3) is 32.9 Å². The van der Waals surface area contributed by atoms with Crippen LogP contribution in [0.2, 0.25) is 0 Å². The number of carboxylic acid groups (broad SMARTS) is 2. The number of aromatic hydroxyl groups is 1. The Morgan fingerprint density at radius 2 is 1.70 bits per heavy atom. The molecule has 0 spiro atoms. The van der Waals surface area contributed by atoms with Gasteiger partial charge in [-0.25, -0.2) is 22.8 Å². The number of aliphatic carboxylic acids is 2. The first-order valence-corrected chi connectivity index (χ1v) is 17.0. The molecule has 5 N–H and O–H groups in total. The van der Waals surface area contributed by atoms with Gasteiger partial charge >= 0.3 is 30.3 Å². The number of piperidine rings is 1. The average molecular weight is 815 g/mol. The van der Waals surface area contributed by atoms with E-state index in [-0.39, 0.29) is 51.6 Å². The number of hydrogen-bond donors (Lipinski definition) is 4. The summed E-state index contributed by atoms with van der Waals surface area (Å²) in [6.45, 7) is 2.58. The van der Waals surface area contributed by atoms with Crippen LogP contribution in [0.3, 0.4) is 0 Å². The molecule has 8 rings (SSSR count). The van der Waals surface area contributed by atoms with Crippen LogP contribution in [0.4, 0.5) is 45.3 Å². The van der Waals surface area contributed by atoms with Crippen molar-refractivity contribution in [3.8, 4) is 35.4 Å². The van der Waals surface area contributed by atoms with Crippen molar-refractivity contribution in [1.29, 1.82) is 0 Å². The van der Waals surface area contributed by atoms with Gasteiger partial charge in [0.2, 0.25) is 0 Å². The number of carboxylic acids is 2. The van der Waals surface area contributed by atoms with Crippen molar-refractivity contribution in [3.05, 3.63) is 47.7 Å². The first-order chi connectivity index (χ1) is 26.6. The van der Waals surface area contributed by atoms with Gasteiger partial charge in [0, 0.05) is 48.7 Å². The van der Waals surface area contributed by atoms with E-state index in [0.717, 1.165) is 25.8 Å². The van der Waals surface area contributed by atoms with Gasteiger partial charge in [-0.1, -0.05) is 12.0 Å². The predicted molar refractivity (Wildman–Crippen MR) is 183 cm³/mol. The summed E-state index contributed by atoms with van der Waals surface area (Å²) in [7, 11) is 0. The Labute approximate surface area is 316 Å². The summed E-state index contributed by atoms with van der Waals surface area (Å²) in [6, 6.07) is 5.40. The predicted octanol–water partition coefficient (Wildman–Crippen LogP) is 5.57. The van der Waals surface area contributed by atoms with E-state index in [0.29, 0.717) is 48.6 Å². The molecule has 304 valence electrons. The third-order valence-electron chi connectivity index (χ3n) is 10.3. The molecule has 2 aromatic heterocycles. The fourth-order valence-electron chi connectivity index (χ4n) is 7.60. The van der Waals surface area contributed by atoms with Crippen molar-refractivity contribution < 1.29 is 69.2 Å². The lowest BCUT2D eigenvalue weighted by Gasteiger charge is -2.31. The number of alkyl halides is 7. The smallest absolute Gasteiger partial charge is 0.490 e. The van der Waals surface area contributed by atoms with Crippen LogP contribution >= 0.6 is 0 Å². The zero-order valence-corrected chi connectivity index (χ0v) is 29.3. The van der Waals surface area contributed by atoms with Crippen molar-refractivity contribution >= 4 is 39.4 Å². The summed E-state index contributed by atoms with van der Waals surface area (Å²) in [6.07, 6.45) is -0.905. The summed E-state index contributed by atoms with van der Waals surface area (Å²) < 4.78 is 115. The molecule has 4 atom stereocenters. The number of aromatic nitrogens is 3. The van der Waals surface area contributed by atoms with Gasteiger partial charge in [0.05, 0.1) is 16.5 Å². The molecule has 0 amide bonds. The molecule has 2 aromatic carbocycles. The molecule has 0 unspecified atom stereocenters. The Morgan fingerprint density at radius 1 is 1.04 bits per heavy atom. The normalized spacial score (nSPS) is 23.8. The maximum absolute atomic E-state index is 16.6. The third kappa shape index (κ3) is 8.14. The fraction of sp³-hybridized carbons (Fsp3) is 0.417. The quantitative estimate of drug-likeness (QED) is 0.146. The zero-order chi connectivity index (χ0) is 41.8. The Balaban J connectivity index is 0.000000338. The van der Waals surface area contributed by atoms with Crippen LogP contribution in [-0.4, -0.2) is 109 Å². The lowest BCUT2D eigenvalue weighted by molar-refractivity contribution is -0.193. The van der Waals surface area contributed by atoms with Crippen LogP contribution in [0.5, 0.6) is 11.8 Å². The van der Waals surface area contributed by atoms with E-state index in [1.807, 2.05) is 4.90 Å². The van der Waals surface area contributed by atoms with Gasteiger partial charge in [-0.2, -0.15) is 36.3 Å². The highest BCUT2D eigenvalue weighted by Gasteiger charge is 2.58. The van der Waals surface area contributed by atoms with Gasteiger partial charge in [-0.3, -0.25) is 9.88 Å². The molecule has 57 heavy (non-hydrogen) atoms. The second-order valence-electron chi connectivity index (χ2n) is 14.2. The second kappa shape index (κ2) is 14.7. The van der Waals surface area contributed by atoms with Gasteiger partial charge in [-0.15, -0.1) is 6.42 Å². The van der Waals surface area contributed by atoms with E-state index >= 15 is 4.39 Å². The zero-order valence-electron chi connectivity index (χ0n) is 29.3. The number of phenols is 1. The van der Waals surface area contributed by atoms with Gasteiger partial charge in [-0.05, 0) is 55.3 Å². The number of benzene rings is 2. The summed E-state index contributed by atoms with van der Waals surface area (Å²) in [5.74, 6) is -3.97. The minimum Gasteiger partial charge on any atom is -0.508 e. The van der Waals surface area contributed by atoms with Crippen LogP contribution < -0.4 is 15.4 Å². The van der Waals surface area contributed by atoms with Crippen molar-refractivity contribution in [3.63, 3.8) is 0 Å². The number of hydrogen-bond acceptors (Lipinski definition) is 10. The maximum Gasteiger partial charge on any atom is 0.490 e. The highest BCUT2D eigenvalue weighted by atomic mass is 19.4. The van der Waals surface area contributed by atoms with Crippen molar-refractivity contribution in [2.45, 2.75) is 55.3 Å². The molecule has 5 heterocycles. The fourth-order valence-corrected chi connectivity index (χ4v) is 7.60. The Morgan fingerprint density at radius 3 is 2.30 bits per heavy atom. The van der Waals surface area contributed by atoms with Gasteiger partial charge in [0.1, 0.15) is 41.4 Å². The second-order valence-corrected chi connectivity index (χ2v) is 14.2. The Kier molecular flexibility index (Phi) is 10.6. The molecule has 4 fully saturated rings. The first-order valence-electron chi connectivity index (χ1n) is 17.0. The summed E-state index contributed by atoms with van der Waals surface area (Å²) in [4.78, 5) is 35.6. The number of halogens is 9. The van der Waals surface area contributed by atoms with Crippen LogP contribution in [0.1, 0.15) is 31.2 Å². The van der Waals surface area contributed by atoms with E-state index in [4.69, 9.17) is 41.7 Å². The number of anilines is 1. The van der Waals surface area contributed by atoms with Gasteiger partial charge in [0.25, 0.3) is 0 Å². The molecule has 1 saturated carbocycles. The molecule has 0 radical (unpaired) electrons. The molecular formula is C36H31F9N6O6. The molecule has 3 saturated heterocycles. The van der Waals surface area contributed by atoms with Gasteiger partial charge < -0.3 is 30.7 Å². The number of terminal acetylenes is 1. The molecule has 12 nitrogen and oxygen atoms in total. The Hall–Kier alpha value is -5.62. The number of ether oxygens (including phenoxy) is 1. The van der Waals surface area contributed by atoms with Crippen molar-refractivity contribution in [2.24, 2.45) is 11.7 Å². The summed E-state index contributed by atoms with van der Waals surface area (Å²) in [5, 5.41) is 25.8. The SMILES string of the molecule is C#Cc1c(F)ccc2cc(O)cc(-c3ncc4c(N5C[C@H]6C[C@@]6(N)C5)nc(OC[C@@]56CCCN5C[C@H](F)C6)nc4c3F)c12.O=C(O)C(F)(F)F.O=C(O)C(F)(F)F. The van der Waals surface area contributed by atoms with Crippen molar-refractivity contribution in [2.75, 3.05) is 37.7 Å². The number of carbonyl (C=O) groups is 2. The lowest BCUT2D eigenvalue weighted by Crippen LogP contribution is -2.43. The number of nitrogens with two attached hydrogens (primary N) is 1. The van der Waals surface area contributed by atoms with Crippen molar-refractivity contribution in [1.82, 2.24) is 19.9 Å². The first kappa shape index (κ1) is 41.0. The highest BCUT2D eigenvalue weighted by molar-refractivity contribution is 6.03. The van der Waals surface area contributed by atoms with E-state index < -0.39 is 47.6 Å².